The fraction of sp³-hybridized carbons (Fsp3) is 0.235. The summed E-state index contributed by atoms with van der Waals surface area (Å²) in [6.45, 7) is 4.87. The molecule has 9 heteroatoms. The van der Waals surface area contributed by atoms with Crippen LogP contribution in [0, 0.1) is 20.8 Å². The molecule has 1 aromatic carbocycles. The minimum absolute atomic E-state index is 0.00710. The highest BCUT2D eigenvalue weighted by Crippen LogP contribution is 2.38. The predicted molar refractivity (Wildman–Crippen MR) is 92.6 cm³/mol. The molecule has 0 spiro atoms. The van der Waals surface area contributed by atoms with Crippen molar-refractivity contribution in [3.05, 3.63) is 40.3 Å². The van der Waals surface area contributed by atoms with Crippen LogP contribution in [0.3, 0.4) is 0 Å². The van der Waals surface area contributed by atoms with Gasteiger partial charge in [-0.25, -0.2) is 18.7 Å². The molecule has 3 aromatic rings. The summed E-state index contributed by atoms with van der Waals surface area (Å²) < 4.78 is 28.5. The summed E-state index contributed by atoms with van der Waals surface area (Å²) in [6.07, 6.45) is -2.95. The third-order valence-electron chi connectivity index (χ3n) is 4.27. The second kappa shape index (κ2) is 5.94. The Hall–Kier alpha value is -3.23. The molecule has 2 heterocycles. The molecule has 0 bridgehead atoms. The number of phenolic OH excluding ortho intramolecular Hbond substituents is 1. The van der Waals surface area contributed by atoms with Crippen molar-refractivity contribution in [2.45, 2.75) is 27.2 Å². The van der Waals surface area contributed by atoms with E-state index in [0.29, 0.717) is 16.8 Å². The van der Waals surface area contributed by atoms with Crippen molar-refractivity contribution in [2.75, 3.05) is 5.73 Å². The van der Waals surface area contributed by atoms with Crippen molar-refractivity contribution in [1.29, 1.82) is 0 Å². The van der Waals surface area contributed by atoms with Crippen molar-refractivity contribution in [3.63, 3.8) is 0 Å². The number of nitrogens with zero attached hydrogens (tertiary/aromatic N) is 3. The van der Waals surface area contributed by atoms with Gasteiger partial charge >= 0.3 is 0 Å². The van der Waals surface area contributed by atoms with E-state index in [0.717, 1.165) is 0 Å². The van der Waals surface area contributed by atoms with Gasteiger partial charge in [-0.05, 0) is 32.4 Å². The zero-order chi connectivity index (χ0) is 19.3. The van der Waals surface area contributed by atoms with Gasteiger partial charge in [0.2, 0.25) is 0 Å². The van der Waals surface area contributed by atoms with Gasteiger partial charge in [0.15, 0.2) is 5.65 Å². The Balaban J connectivity index is 2.59. The smallest absolute Gasteiger partial charge is 0.281 e. The average molecular weight is 361 g/mol. The van der Waals surface area contributed by atoms with Gasteiger partial charge in [-0.15, -0.1) is 0 Å². The average Bonchev–Trinajstić information content (AvgIpc) is 2.83. The Bertz CT molecular complexity index is 1060. The molecule has 0 aliphatic carbocycles. The molecular formula is C17H17F2N5O2. The summed E-state index contributed by atoms with van der Waals surface area (Å²) in [5, 5.41) is 9.88. The van der Waals surface area contributed by atoms with Crippen LogP contribution in [-0.2, 0) is 0 Å². The first-order valence-electron chi connectivity index (χ1n) is 7.71. The van der Waals surface area contributed by atoms with Gasteiger partial charge in [0.25, 0.3) is 12.3 Å². The molecule has 136 valence electrons. The van der Waals surface area contributed by atoms with Gasteiger partial charge < -0.3 is 16.6 Å². The maximum atomic E-state index is 13.6. The van der Waals surface area contributed by atoms with E-state index in [9.17, 15) is 18.7 Å². The van der Waals surface area contributed by atoms with Crippen LogP contribution in [0.25, 0.3) is 16.7 Å². The molecule has 1 amide bonds. The van der Waals surface area contributed by atoms with Gasteiger partial charge in [0.05, 0.1) is 16.6 Å². The number of aromatic hydroxyl groups is 1. The number of amides is 1. The van der Waals surface area contributed by atoms with Gasteiger partial charge in [-0.1, -0.05) is 6.07 Å². The number of halogens is 2. The standard InChI is InChI=1S/C17H17F2N5O2/c1-6-4-5-9(25)7(2)13(6)24-15(20)11(16(21)26)10-12(14(18)19)22-8(3)23-17(10)24/h4-5,14,25H,20H2,1-3H3,(H2,21,26). The highest BCUT2D eigenvalue weighted by atomic mass is 19.3. The molecule has 0 fully saturated rings. The second-order valence-corrected chi connectivity index (χ2v) is 5.99. The molecule has 0 aliphatic heterocycles. The van der Waals surface area contributed by atoms with Crippen LogP contribution in [-0.4, -0.2) is 25.5 Å². The number of nitrogens with two attached hydrogens (primary N) is 2. The van der Waals surface area contributed by atoms with E-state index in [4.69, 9.17) is 11.5 Å². The minimum atomic E-state index is -2.95. The van der Waals surface area contributed by atoms with Crippen LogP contribution in [0.4, 0.5) is 14.6 Å². The number of carbonyl (C=O) groups is 1. The van der Waals surface area contributed by atoms with Crippen LogP contribution >= 0.6 is 0 Å². The maximum absolute atomic E-state index is 13.6. The van der Waals surface area contributed by atoms with E-state index in [2.05, 4.69) is 9.97 Å². The quantitative estimate of drug-likeness (QED) is 0.662. The number of primary amides is 1. The Morgan fingerprint density at radius 3 is 2.46 bits per heavy atom. The Morgan fingerprint density at radius 2 is 1.88 bits per heavy atom. The SMILES string of the molecule is Cc1nc(C(F)F)c2c(C(N)=O)c(N)n(-c3c(C)ccc(O)c3C)c2n1. The lowest BCUT2D eigenvalue weighted by molar-refractivity contribution is 0.100. The van der Waals surface area contributed by atoms with E-state index in [-0.39, 0.29) is 34.0 Å². The highest BCUT2D eigenvalue weighted by molar-refractivity contribution is 6.11. The van der Waals surface area contributed by atoms with Crippen molar-refractivity contribution < 1.29 is 18.7 Å². The van der Waals surface area contributed by atoms with E-state index in [1.54, 1.807) is 19.9 Å². The number of nitrogen functional groups attached to an aromatic ring is 1. The molecule has 0 saturated carbocycles. The van der Waals surface area contributed by atoms with E-state index in [1.807, 2.05) is 0 Å². The van der Waals surface area contributed by atoms with Gasteiger partial charge in [-0.2, -0.15) is 0 Å². The lowest BCUT2D eigenvalue weighted by Gasteiger charge is -2.15. The molecule has 0 radical (unpaired) electrons. The number of anilines is 1. The van der Waals surface area contributed by atoms with Crippen LogP contribution in [0.5, 0.6) is 5.75 Å². The molecule has 2 aromatic heterocycles. The first kappa shape index (κ1) is 17.6. The molecule has 26 heavy (non-hydrogen) atoms. The Kier molecular flexibility index (Phi) is 4.02. The number of aromatic nitrogens is 3. The van der Waals surface area contributed by atoms with Gasteiger partial charge in [0.1, 0.15) is 23.1 Å². The molecule has 3 rings (SSSR count). The molecular weight excluding hydrogens is 344 g/mol. The number of hydrogen-bond donors (Lipinski definition) is 3. The van der Waals surface area contributed by atoms with Crippen LogP contribution in [0.15, 0.2) is 12.1 Å². The number of phenols is 1. The Labute approximate surface area is 147 Å². The molecule has 5 N–H and O–H groups in total. The van der Waals surface area contributed by atoms with E-state index >= 15 is 0 Å². The topological polar surface area (TPSA) is 120 Å². The first-order valence-corrected chi connectivity index (χ1v) is 7.71. The van der Waals surface area contributed by atoms with Crippen molar-refractivity contribution in [1.82, 2.24) is 14.5 Å². The summed E-state index contributed by atoms with van der Waals surface area (Å²) >= 11 is 0. The monoisotopic (exact) mass is 361 g/mol. The third kappa shape index (κ3) is 2.43. The zero-order valence-corrected chi connectivity index (χ0v) is 14.3. The summed E-state index contributed by atoms with van der Waals surface area (Å²) in [4.78, 5) is 19.9. The lowest BCUT2D eigenvalue weighted by Crippen LogP contribution is -2.14. The van der Waals surface area contributed by atoms with Gasteiger partial charge in [0, 0.05) is 5.56 Å². The van der Waals surface area contributed by atoms with E-state index in [1.165, 1.54) is 17.6 Å². The van der Waals surface area contributed by atoms with Crippen molar-refractivity contribution in [3.8, 4) is 11.4 Å². The number of aryl methyl sites for hydroxylation is 2. The first-order chi connectivity index (χ1) is 12.1. The normalized spacial score (nSPS) is 11.5. The summed E-state index contributed by atoms with van der Waals surface area (Å²) in [5.41, 5.74) is 12.3. The fourth-order valence-corrected chi connectivity index (χ4v) is 3.14. The third-order valence-corrected chi connectivity index (χ3v) is 4.27. The number of alkyl halides is 2. The number of benzene rings is 1. The van der Waals surface area contributed by atoms with Crippen molar-refractivity contribution in [2.24, 2.45) is 5.73 Å². The fourth-order valence-electron chi connectivity index (χ4n) is 3.14. The van der Waals surface area contributed by atoms with Crippen LogP contribution in [0.1, 0.15) is 39.4 Å². The molecule has 7 nitrogen and oxygen atoms in total. The largest absolute Gasteiger partial charge is 0.508 e. The lowest BCUT2D eigenvalue weighted by atomic mass is 10.1. The number of carbonyl (C=O) groups excluding carboxylic acids is 1. The Morgan fingerprint density at radius 1 is 1.23 bits per heavy atom. The highest BCUT2D eigenvalue weighted by Gasteiger charge is 2.29. The van der Waals surface area contributed by atoms with Crippen molar-refractivity contribution >= 4 is 22.8 Å². The molecule has 0 unspecified atom stereocenters. The molecule has 0 saturated heterocycles. The van der Waals surface area contributed by atoms with Crippen LogP contribution in [0.2, 0.25) is 0 Å². The number of fused-ring (bicyclic) bond motifs is 1. The second-order valence-electron chi connectivity index (χ2n) is 5.99. The zero-order valence-electron chi connectivity index (χ0n) is 14.3. The molecule has 0 atom stereocenters. The predicted octanol–water partition coefficient (Wildman–Crippen LogP) is 2.67. The maximum Gasteiger partial charge on any atom is 0.281 e. The minimum Gasteiger partial charge on any atom is -0.508 e. The number of rotatable bonds is 3. The number of hydrogen-bond acceptors (Lipinski definition) is 5. The summed E-state index contributed by atoms with van der Waals surface area (Å²) in [6, 6.07) is 3.16. The summed E-state index contributed by atoms with van der Waals surface area (Å²) in [5.74, 6) is -1.01. The van der Waals surface area contributed by atoms with E-state index < -0.39 is 18.0 Å². The van der Waals surface area contributed by atoms with Gasteiger partial charge in [-0.3, -0.25) is 9.36 Å². The summed E-state index contributed by atoms with van der Waals surface area (Å²) in [7, 11) is 0. The molecule has 0 aliphatic rings. The van der Waals surface area contributed by atoms with Crippen LogP contribution < -0.4 is 11.5 Å².